The maximum atomic E-state index is 11.9. The number of benzene rings is 1. The zero-order chi connectivity index (χ0) is 14.3. The van der Waals surface area contributed by atoms with Gasteiger partial charge in [0.25, 0.3) is 0 Å². The molecule has 0 aliphatic carbocycles. The lowest BCUT2D eigenvalue weighted by molar-refractivity contribution is -0.122. The molecular weight excluding hydrogens is 236 g/mol. The summed E-state index contributed by atoms with van der Waals surface area (Å²) in [6.07, 6.45) is 1.42. The van der Waals surface area contributed by atoms with Gasteiger partial charge in [-0.05, 0) is 44.9 Å². The highest BCUT2D eigenvalue weighted by Gasteiger charge is 2.11. The van der Waals surface area contributed by atoms with Crippen LogP contribution >= 0.6 is 0 Å². The van der Waals surface area contributed by atoms with Gasteiger partial charge in [0.15, 0.2) is 0 Å². The summed E-state index contributed by atoms with van der Waals surface area (Å²) in [6.45, 7) is 9.15. The highest BCUT2D eigenvalue weighted by Crippen LogP contribution is 2.09. The van der Waals surface area contributed by atoms with Crippen molar-refractivity contribution in [2.45, 2.75) is 52.6 Å². The lowest BCUT2D eigenvalue weighted by Gasteiger charge is -2.17. The van der Waals surface area contributed by atoms with E-state index in [1.54, 1.807) is 0 Å². The number of amides is 1. The van der Waals surface area contributed by atoms with Crippen LogP contribution in [0.4, 0.5) is 0 Å². The third-order valence-corrected chi connectivity index (χ3v) is 3.24. The number of hydrogen-bond donors (Lipinski definition) is 2. The SMILES string of the molecule is CCNC(C)CC(=O)NC(C)Cc1ccccc1C. The van der Waals surface area contributed by atoms with Crippen LogP contribution < -0.4 is 10.6 Å². The normalized spacial score (nSPS) is 13.9. The summed E-state index contributed by atoms with van der Waals surface area (Å²) in [5.74, 6) is 0.120. The molecule has 0 aliphatic heterocycles. The minimum absolute atomic E-state index is 0.120. The number of nitrogens with one attached hydrogen (secondary N) is 2. The van der Waals surface area contributed by atoms with Crippen LogP contribution in [0.25, 0.3) is 0 Å². The molecule has 2 N–H and O–H groups in total. The molecule has 0 radical (unpaired) electrons. The van der Waals surface area contributed by atoms with Crippen LogP contribution in [-0.2, 0) is 11.2 Å². The fourth-order valence-electron chi connectivity index (χ4n) is 2.25. The molecule has 2 atom stereocenters. The van der Waals surface area contributed by atoms with Crippen molar-refractivity contribution < 1.29 is 4.79 Å². The second-order valence-corrected chi connectivity index (χ2v) is 5.26. The summed E-state index contributed by atoms with van der Waals surface area (Å²) in [5.41, 5.74) is 2.58. The minimum atomic E-state index is 0.120. The first-order valence-electron chi connectivity index (χ1n) is 7.10. The second-order valence-electron chi connectivity index (χ2n) is 5.26. The summed E-state index contributed by atoms with van der Waals surface area (Å²) >= 11 is 0. The number of carbonyl (C=O) groups is 1. The molecule has 2 unspecified atom stereocenters. The van der Waals surface area contributed by atoms with E-state index < -0.39 is 0 Å². The van der Waals surface area contributed by atoms with Crippen LogP contribution in [-0.4, -0.2) is 24.5 Å². The fourth-order valence-corrected chi connectivity index (χ4v) is 2.25. The summed E-state index contributed by atoms with van der Waals surface area (Å²) in [4.78, 5) is 11.9. The zero-order valence-corrected chi connectivity index (χ0v) is 12.5. The fraction of sp³-hybridized carbons (Fsp3) is 0.562. The molecule has 1 rings (SSSR count). The predicted molar refractivity (Wildman–Crippen MR) is 80.2 cm³/mol. The first kappa shape index (κ1) is 15.7. The van der Waals surface area contributed by atoms with Crippen LogP contribution in [0.3, 0.4) is 0 Å². The van der Waals surface area contributed by atoms with Crippen molar-refractivity contribution in [1.29, 1.82) is 0 Å². The van der Waals surface area contributed by atoms with E-state index in [9.17, 15) is 4.79 Å². The Morgan fingerprint density at radius 2 is 1.89 bits per heavy atom. The van der Waals surface area contributed by atoms with Crippen LogP contribution in [0.1, 0.15) is 38.3 Å². The van der Waals surface area contributed by atoms with Gasteiger partial charge in [0, 0.05) is 18.5 Å². The van der Waals surface area contributed by atoms with Gasteiger partial charge in [0.05, 0.1) is 0 Å². The molecule has 0 aromatic heterocycles. The van der Waals surface area contributed by atoms with Crippen molar-refractivity contribution in [3.8, 4) is 0 Å². The van der Waals surface area contributed by atoms with E-state index in [1.807, 2.05) is 19.1 Å². The van der Waals surface area contributed by atoms with E-state index in [0.29, 0.717) is 6.42 Å². The minimum Gasteiger partial charge on any atom is -0.353 e. The van der Waals surface area contributed by atoms with Gasteiger partial charge in [0.1, 0.15) is 0 Å². The number of rotatable bonds is 7. The van der Waals surface area contributed by atoms with Crippen molar-refractivity contribution in [2.24, 2.45) is 0 Å². The summed E-state index contributed by atoms with van der Waals surface area (Å²) < 4.78 is 0. The smallest absolute Gasteiger partial charge is 0.221 e. The standard InChI is InChI=1S/C16H26N2O/c1-5-17-13(3)11-16(19)18-14(4)10-15-9-7-6-8-12(15)2/h6-9,13-14,17H,5,10-11H2,1-4H3,(H,18,19). The quantitative estimate of drug-likeness (QED) is 0.792. The highest BCUT2D eigenvalue weighted by atomic mass is 16.1. The van der Waals surface area contributed by atoms with Crippen LogP contribution in [0.15, 0.2) is 24.3 Å². The topological polar surface area (TPSA) is 41.1 Å². The third kappa shape index (κ3) is 5.88. The Bertz CT molecular complexity index is 403. The van der Waals surface area contributed by atoms with E-state index in [-0.39, 0.29) is 18.0 Å². The monoisotopic (exact) mass is 262 g/mol. The summed E-state index contributed by atoms with van der Waals surface area (Å²) in [5, 5.41) is 6.31. The van der Waals surface area contributed by atoms with Gasteiger partial charge in [-0.15, -0.1) is 0 Å². The largest absolute Gasteiger partial charge is 0.353 e. The van der Waals surface area contributed by atoms with E-state index in [1.165, 1.54) is 11.1 Å². The van der Waals surface area contributed by atoms with E-state index in [2.05, 4.69) is 43.5 Å². The Balaban J connectivity index is 2.41. The molecular formula is C16H26N2O. The zero-order valence-electron chi connectivity index (χ0n) is 12.5. The first-order valence-corrected chi connectivity index (χ1v) is 7.10. The molecule has 0 saturated carbocycles. The molecule has 1 aromatic carbocycles. The van der Waals surface area contributed by atoms with Crippen LogP contribution in [0.2, 0.25) is 0 Å². The Morgan fingerprint density at radius 1 is 1.21 bits per heavy atom. The highest BCUT2D eigenvalue weighted by molar-refractivity contribution is 5.76. The summed E-state index contributed by atoms with van der Waals surface area (Å²) in [6, 6.07) is 8.72. The molecule has 0 spiro atoms. The van der Waals surface area contributed by atoms with Gasteiger partial charge in [0.2, 0.25) is 5.91 Å². The molecule has 3 nitrogen and oxygen atoms in total. The number of aryl methyl sites for hydroxylation is 1. The van der Waals surface area contributed by atoms with Gasteiger partial charge in [-0.25, -0.2) is 0 Å². The Morgan fingerprint density at radius 3 is 2.53 bits per heavy atom. The van der Waals surface area contributed by atoms with Crippen LogP contribution in [0.5, 0.6) is 0 Å². The molecule has 0 saturated heterocycles. The maximum Gasteiger partial charge on any atom is 0.221 e. The van der Waals surface area contributed by atoms with E-state index in [0.717, 1.165) is 13.0 Å². The molecule has 0 bridgehead atoms. The van der Waals surface area contributed by atoms with Crippen LogP contribution in [0, 0.1) is 6.92 Å². The first-order chi connectivity index (χ1) is 9.02. The molecule has 3 heteroatoms. The van der Waals surface area contributed by atoms with Gasteiger partial charge >= 0.3 is 0 Å². The Kier molecular flexibility index (Phi) is 6.57. The lowest BCUT2D eigenvalue weighted by atomic mass is 10.0. The van der Waals surface area contributed by atoms with Crippen molar-refractivity contribution in [1.82, 2.24) is 10.6 Å². The second kappa shape index (κ2) is 7.95. The van der Waals surface area contributed by atoms with Gasteiger partial charge in [-0.3, -0.25) is 4.79 Å². The van der Waals surface area contributed by atoms with E-state index >= 15 is 0 Å². The van der Waals surface area contributed by atoms with E-state index in [4.69, 9.17) is 0 Å². The Hall–Kier alpha value is -1.35. The molecule has 19 heavy (non-hydrogen) atoms. The van der Waals surface area contributed by atoms with Crippen molar-refractivity contribution in [3.63, 3.8) is 0 Å². The number of hydrogen-bond acceptors (Lipinski definition) is 2. The average Bonchev–Trinajstić information content (AvgIpc) is 2.31. The van der Waals surface area contributed by atoms with Crippen molar-refractivity contribution in [2.75, 3.05) is 6.54 Å². The van der Waals surface area contributed by atoms with Gasteiger partial charge in [-0.1, -0.05) is 31.2 Å². The molecule has 106 valence electrons. The number of carbonyl (C=O) groups excluding carboxylic acids is 1. The predicted octanol–water partition coefficient (Wildman–Crippen LogP) is 2.43. The molecule has 0 fully saturated rings. The van der Waals surface area contributed by atoms with Gasteiger partial charge in [-0.2, -0.15) is 0 Å². The van der Waals surface area contributed by atoms with Crippen molar-refractivity contribution in [3.05, 3.63) is 35.4 Å². The molecule has 0 heterocycles. The Labute approximate surface area is 116 Å². The average molecular weight is 262 g/mol. The molecule has 1 amide bonds. The lowest BCUT2D eigenvalue weighted by Crippen LogP contribution is -2.38. The molecule has 1 aromatic rings. The summed E-state index contributed by atoms with van der Waals surface area (Å²) in [7, 11) is 0. The maximum absolute atomic E-state index is 11.9. The third-order valence-electron chi connectivity index (χ3n) is 3.24. The molecule has 0 aliphatic rings. The van der Waals surface area contributed by atoms with Crippen molar-refractivity contribution >= 4 is 5.91 Å². The van der Waals surface area contributed by atoms with Gasteiger partial charge < -0.3 is 10.6 Å².